The molecule has 2 N–H and O–H groups in total. The number of pyridine rings is 1. The van der Waals surface area contributed by atoms with Gasteiger partial charge in [-0.15, -0.1) is 0 Å². The van der Waals surface area contributed by atoms with Crippen LogP contribution in [0.25, 0.3) is 0 Å². The van der Waals surface area contributed by atoms with Crippen LogP contribution in [0.5, 0.6) is 0 Å². The number of carboxylic acid groups (broad SMARTS) is 1. The molecule has 0 spiro atoms. The Morgan fingerprint density at radius 3 is 2.96 bits per heavy atom. The van der Waals surface area contributed by atoms with Gasteiger partial charge in [0.05, 0.1) is 11.3 Å². The number of nitrogens with one attached hydrogen (secondary N) is 1. The van der Waals surface area contributed by atoms with Crippen LogP contribution in [0.3, 0.4) is 0 Å². The molecule has 1 aromatic carbocycles. The monoisotopic (exact) mass is 496 g/mol. The maximum absolute atomic E-state index is 11.6. The number of carboxylic acids is 1. The third-order valence-corrected chi connectivity index (χ3v) is 5.50. The van der Waals surface area contributed by atoms with Crippen molar-refractivity contribution in [2.45, 2.75) is 19.3 Å². The lowest BCUT2D eigenvalue weighted by molar-refractivity contribution is -0.389. The SMILES string of the molecule is O=C(O)c1ccc(I)cc1N1CCCC(CCNc2cccc([N+](=O)[O-])n2)C1. The molecule has 1 fully saturated rings. The van der Waals surface area contributed by atoms with Gasteiger partial charge in [-0.05, 0) is 81.9 Å². The van der Waals surface area contributed by atoms with E-state index in [2.05, 4.69) is 37.8 Å². The molecule has 0 bridgehead atoms. The molecule has 0 saturated carbocycles. The van der Waals surface area contributed by atoms with Gasteiger partial charge in [0.1, 0.15) is 0 Å². The molecule has 0 aliphatic carbocycles. The van der Waals surface area contributed by atoms with Gasteiger partial charge in [0, 0.05) is 35.3 Å². The Hall–Kier alpha value is -2.43. The van der Waals surface area contributed by atoms with Gasteiger partial charge in [-0.3, -0.25) is 0 Å². The largest absolute Gasteiger partial charge is 0.478 e. The maximum Gasteiger partial charge on any atom is 0.365 e. The number of rotatable bonds is 7. The molecule has 2 heterocycles. The molecule has 1 aliphatic heterocycles. The molecule has 1 unspecified atom stereocenters. The van der Waals surface area contributed by atoms with Crippen LogP contribution in [0.15, 0.2) is 36.4 Å². The fourth-order valence-corrected chi connectivity index (χ4v) is 3.97. The van der Waals surface area contributed by atoms with Gasteiger partial charge in [0.15, 0.2) is 0 Å². The highest BCUT2D eigenvalue weighted by Gasteiger charge is 2.24. The van der Waals surface area contributed by atoms with Crippen LogP contribution in [0.1, 0.15) is 29.6 Å². The van der Waals surface area contributed by atoms with E-state index in [0.717, 1.165) is 41.6 Å². The number of aromatic carboxylic acids is 1. The Balaban J connectivity index is 1.60. The number of hydrogen-bond acceptors (Lipinski definition) is 6. The van der Waals surface area contributed by atoms with Crippen LogP contribution in [0, 0.1) is 19.6 Å². The first-order valence-electron chi connectivity index (χ1n) is 9.07. The second-order valence-corrected chi connectivity index (χ2v) is 8.02. The van der Waals surface area contributed by atoms with E-state index >= 15 is 0 Å². The molecule has 2 aromatic rings. The number of carbonyl (C=O) groups is 1. The highest BCUT2D eigenvalue weighted by Crippen LogP contribution is 2.29. The van der Waals surface area contributed by atoms with Gasteiger partial charge in [-0.2, -0.15) is 0 Å². The summed E-state index contributed by atoms with van der Waals surface area (Å²) >= 11 is 2.20. The fraction of sp³-hybridized carbons (Fsp3) is 0.368. The number of nitro groups is 1. The molecule has 1 atom stereocenters. The van der Waals surface area contributed by atoms with E-state index in [0.29, 0.717) is 23.8 Å². The summed E-state index contributed by atoms with van der Waals surface area (Å²) in [4.78, 5) is 28.0. The molecule has 0 amide bonds. The normalized spacial score (nSPS) is 16.6. The van der Waals surface area contributed by atoms with Gasteiger partial charge >= 0.3 is 11.8 Å². The third kappa shape index (κ3) is 5.09. The van der Waals surface area contributed by atoms with Crippen LogP contribution in [0.4, 0.5) is 17.3 Å². The molecule has 28 heavy (non-hydrogen) atoms. The van der Waals surface area contributed by atoms with Crippen molar-refractivity contribution in [3.8, 4) is 0 Å². The van der Waals surface area contributed by atoms with Gasteiger partial charge in [0.25, 0.3) is 0 Å². The first kappa shape index (κ1) is 20.3. The van der Waals surface area contributed by atoms with E-state index in [4.69, 9.17) is 0 Å². The van der Waals surface area contributed by atoms with Gasteiger partial charge < -0.3 is 25.4 Å². The van der Waals surface area contributed by atoms with Crippen molar-refractivity contribution < 1.29 is 14.8 Å². The maximum atomic E-state index is 11.6. The Bertz CT molecular complexity index is 877. The first-order valence-corrected chi connectivity index (χ1v) is 10.1. The van der Waals surface area contributed by atoms with Crippen LogP contribution >= 0.6 is 22.6 Å². The number of benzene rings is 1. The van der Waals surface area contributed by atoms with Crippen molar-refractivity contribution in [1.82, 2.24) is 4.98 Å². The standard InChI is InChI=1S/C19H21IN4O4/c20-14-6-7-15(19(25)26)16(11-14)23-10-2-3-13(12-23)8-9-21-17-4-1-5-18(22-17)24(27)28/h1,4-7,11,13H,2-3,8-10,12H2,(H,21,22)(H,25,26). The number of anilines is 2. The molecule has 1 aliphatic rings. The number of halogens is 1. The Morgan fingerprint density at radius 2 is 2.21 bits per heavy atom. The molecular formula is C19H21IN4O4. The summed E-state index contributed by atoms with van der Waals surface area (Å²) in [5.41, 5.74) is 1.11. The lowest BCUT2D eigenvalue weighted by Gasteiger charge is -2.35. The minimum absolute atomic E-state index is 0.172. The van der Waals surface area contributed by atoms with Crippen LogP contribution in [0.2, 0.25) is 0 Å². The lowest BCUT2D eigenvalue weighted by atomic mass is 9.94. The molecule has 1 aromatic heterocycles. The second kappa shape index (κ2) is 9.18. The van der Waals surface area contributed by atoms with E-state index in [1.807, 2.05) is 12.1 Å². The molecular weight excluding hydrogens is 475 g/mol. The lowest BCUT2D eigenvalue weighted by Crippen LogP contribution is -2.37. The quantitative estimate of drug-likeness (QED) is 0.339. The second-order valence-electron chi connectivity index (χ2n) is 6.77. The summed E-state index contributed by atoms with van der Waals surface area (Å²) in [7, 11) is 0. The smallest absolute Gasteiger partial charge is 0.365 e. The van der Waals surface area contributed by atoms with Crippen molar-refractivity contribution in [2.24, 2.45) is 5.92 Å². The van der Waals surface area contributed by atoms with E-state index < -0.39 is 10.9 Å². The van der Waals surface area contributed by atoms with Crippen molar-refractivity contribution >= 4 is 45.9 Å². The van der Waals surface area contributed by atoms with E-state index in [1.54, 1.807) is 18.2 Å². The molecule has 1 saturated heterocycles. The minimum atomic E-state index is -0.910. The van der Waals surface area contributed by atoms with Crippen LogP contribution in [-0.2, 0) is 0 Å². The molecule has 0 radical (unpaired) electrons. The molecule has 8 nitrogen and oxygen atoms in total. The van der Waals surface area contributed by atoms with E-state index in [1.165, 1.54) is 6.07 Å². The minimum Gasteiger partial charge on any atom is -0.478 e. The number of nitrogens with zero attached hydrogens (tertiary/aromatic N) is 3. The van der Waals surface area contributed by atoms with Crippen molar-refractivity contribution in [1.29, 1.82) is 0 Å². The summed E-state index contributed by atoms with van der Waals surface area (Å²) in [5, 5.41) is 23.5. The summed E-state index contributed by atoms with van der Waals surface area (Å²) in [5.74, 6) is -0.173. The molecule has 148 valence electrons. The number of hydrogen-bond donors (Lipinski definition) is 2. The number of piperidine rings is 1. The Morgan fingerprint density at radius 1 is 1.39 bits per heavy atom. The fourth-order valence-electron chi connectivity index (χ4n) is 3.49. The van der Waals surface area contributed by atoms with Gasteiger partial charge in [0.2, 0.25) is 5.82 Å². The zero-order valence-electron chi connectivity index (χ0n) is 15.2. The average Bonchev–Trinajstić information content (AvgIpc) is 2.68. The first-order chi connectivity index (χ1) is 13.4. The van der Waals surface area contributed by atoms with Crippen molar-refractivity contribution in [2.75, 3.05) is 29.9 Å². The molecule has 9 heteroatoms. The van der Waals surface area contributed by atoms with Gasteiger partial charge in [-0.25, -0.2) is 4.79 Å². The number of aromatic nitrogens is 1. The predicted molar refractivity (Wildman–Crippen MR) is 115 cm³/mol. The average molecular weight is 496 g/mol. The highest BCUT2D eigenvalue weighted by atomic mass is 127. The van der Waals surface area contributed by atoms with E-state index in [-0.39, 0.29) is 5.82 Å². The Kier molecular flexibility index (Phi) is 6.65. The zero-order valence-corrected chi connectivity index (χ0v) is 17.3. The zero-order chi connectivity index (χ0) is 20.1. The van der Waals surface area contributed by atoms with Crippen LogP contribution < -0.4 is 10.2 Å². The highest BCUT2D eigenvalue weighted by molar-refractivity contribution is 14.1. The summed E-state index contributed by atoms with van der Waals surface area (Å²) < 4.78 is 1.01. The van der Waals surface area contributed by atoms with Crippen molar-refractivity contribution in [3.63, 3.8) is 0 Å². The third-order valence-electron chi connectivity index (χ3n) is 4.83. The summed E-state index contributed by atoms with van der Waals surface area (Å²) in [6.07, 6.45) is 2.96. The summed E-state index contributed by atoms with van der Waals surface area (Å²) in [6, 6.07) is 10.1. The van der Waals surface area contributed by atoms with E-state index in [9.17, 15) is 20.0 Å². The van der Waals surface area contributed by atoms with Crippen LogP contribution in [-0.4, -0.2) is 40.6 Å². The molecule has 3 rings (SSSR count). The van der Waals surface area contributed by atoms with Gasteiger partial charge in [-0.1, -0.05) is 0 Å². The topological polar surface area (TPSA) is 109 Å². The van der Waals surface area contributed by atoms with Crippen molar-refractivity contribution in [3.05, 3.63) is 55.6 Å². The predicted octanol–water partition coefficient (Wildman–Crippen LogP) is 4.01. The summed E-state index contributed by atoms with van der Waals surface area (Å²) in [6.45, 7) is 2.30. The Labute approximate surface area is 176 Å².